The van der Waals surface area contributed by atoms with Crippen molar-refractivity contribution in [3.8, 4) is 0 Å². The van der Waals surface area contributed by atoms with Gasteiger partial charge in [-0.3, -0.25) is 0 Å². The maximum Gasteiger partial charge on any atom is 0.279 e. The Bertz CT molecular complexity index is 364. The van der Waals surface area contributed by atoms with Crippen LogP contribution in [-0.4, -0.2) is 42.6 Å². The highest BCUT2D eigenvalue weighted by molar-refractivity contribution is 7.87. The first-order valence-electron chi connectivity index (χ1n) is 6.96. The summed E-state index contributed by atoms with van der Waals surface area (Å²) in [7, 11) is -3.35. The zero-order valence-electron chi connectivity index (χ0n) is 11.0. The van der Waals surface area contributed by atoms with Crippen molar-refractivity contribution in [3.63, 3.8) is 0 Å². The molecule has 0 amide bonds. The largest absolute Gasteiger partial charge is 0.393 e. The topological polar surface area (TPSA) is 69.6 Å². The molecule has 0 bridgehead atoms. The maximum absolute atomic E-state index is 12.3. The van der Waals surface area contributed by atoms with Crippen LogP contribution in [0.2, 0.25) is 0 Å². The number of nitrogens with zero attached hydrogens (tertiary/aromatic N) is 1. The molecule has 18 heavy (non-hydrogen) atoms. The predicted molar refractivity (Wildman–Crippen MR) is 70.3 cm³/mol. The molecule has 1 aliphatic heterocycles. The van der Waals surface area contributed by atoms with Crippen molar-refractivity contribution < 1.29 is 13.5 Å². The fourth-order valence-corrected chi connectivity index (χ4v) is 4.64. The smallest absolute Gasteiger partial charge is 0.279 e. The molecule has 1 aliphatic carbocycles. The van der Waals surface area contributed by atoms with Gasteiger partial charge in [-0.1, -0.05) is 6.42 Å². The van der Waals surface area contributed by atoms with Gasteiger partial charge in [-0.2, -0.15) is 17.4 Å². The Balaban J connectivity index is 1.94. The van der Waals surface area contributed by atoms with E-state index < -0.39 is 10.2 Å². The first-order valence-corrected chi connectivity index (χ1v) is 8.40. The average molecular weight is 276 g/mol. The molecule has 0 spiro atoms. The van der Waals surface area contributed by atoms with E-state index in [4.69, 9.17) is 0 Å². The van der Waals surface area contributed by atoms with Crippen molar-refractivity contribution in [2.45, 2.75) is 70.1 Å². The number of hydrogen-bond donors (Lipinski definition) is 2. The molecule has 1 saturated heterocycles. The van der Waals surface area contributed by atoms with Crippen LogP contribution in [0.4, 0.5) is 0 Å². The van der Waals surface area contributed by atoms with Gasteiger partial charge in [0.1, 0.15) is 0 Å². The van der Waals surface area contributed by atoms with Crippen LogP contribution in [0.15, 0.2) is 0 Å². The van der Waals surface area contributed by atoms with Crippen LogP contribution in [0.1, 0.15) is 51.9 Å². The Morgan fingerprint density at radius 1 is 1.11 bits per heavy atom. The first-order chi connectivity index (χ1) is 8.49. The van der Waals surface area contributed by atoms with Gasteiger partial charge in [-0.25, -0.2) is 0 Å². The lowest BCUT2D eigenvalue weighted by atomic mass is 9.94. The van der Waals surface area contributed by atoms with E-state index in [-0.39, 0.29) is 18.2 Å². The first kappa shape index (κ1) is 14.2. The number of aliphatic hydroxyl groups is 1. The van der Waals surface area contributed by atoms with E-state index in [1.54, 1.807) is 4.31 Å². The van der Waals surface area contributed by atoms with E-state index in [0.29, 0.717) is 19.4 Å². The summed E-state index contributed by atoms with van der Waals surface area (Å²) >= 11 is 0. The molecule has 0 aromatic rings. The number of aliphatic hydroxyl groups excluding tert-OH is 1. The summed E-state index contributed by atoms with van der Waals surface area (Å²) in [6, 6.07) is 0.0953. The average Bonchev–Trinajstić information content (AvgIpc) is 2.32. The van der Waals surface area contributed by atoms with Crippen LogP contribution in [-0.2, 0) is 10.2 Å². The van der Waals surface area contributed by atoms with Crippen LogP contribution in [0, 0.1) is 0 Å². The molecular weight excluding hydrogens is 252 g/mol. The second-order valence-electron chi connectivity index (χ2n) is 5.58. The van der Waals surface area contributed by atoms with Gasteiger partial charge in [0, 0.05) is 18.6 Å². The maximum atomic E-state index is 12.3. The zero-order valence-corrected chi connectivity index (χ0v) is 11.8. The predicted octanol–water partition coefficient (Wildman–Crippen LogP) is 0.999. The normalized spacial score (nSPS) is 35.6. The second kappa shape index (κ2) is 5.86. The molecule has 106 valence electrons. The molecule has 6 heteroatoms. The molecular formula is C12H24N2O3S. The lowest BCUT2D eigenvalue weighted by Crippen LogP contribution is -2.51. The molecule has 1 heterocycles. The van der Waals surface area contributed by atoms with Crippen LogP contribution < -0.4 is 4.72 Å². The van der Waals surface area contributed by atoms with Crippen molar-refractivity contribution in [3.05, 3.63) is 0 Å². The Morgan fingerprint density at radius 3 is 2.39 bits per heavy atom. The van der Waals surface area contributed by atoms with Crippen molar-refractivity contribution in [2.24, 2.45) is 0 Å². The summed E-state index contributed by atoms with van der Waals surface area (Å²) in [5.74, 6) is 0. The van der Waals surface area contributed by atoms with E-state index in [9.17, 15) is 13.5 Å². The molecule has 2 N–H and O–H groups in total. The lowest BCUT2D eigenvalue weighted by Gasteiger charge is -2.34. The minimum absolute atomic E-state index is 0.00692. The Morgan fingerprint density at radius 2 is 1.78 bits per heavy atom. The quantitative estimate of drug-likeness (QED) is 0.808. The van der Waals surface area contributed by atoms with Crippen molar-refractivity contribution >= 4 is 10.2 Å². The van der Waals surface area contributed by atoms with Gasteiger partial charge >= 0.3 is 0 Å². The van der Waals surface area contributed by atoms with E-state index in [1.807, 2.05) is 6.92 Å². The minimum atomic E-state index is -3.35. The summed E-state index contributed by atoms with van der Waals surface area (Å²) in [6.45, 7) is 2.61. The van der Waals surface area contributed by atoms with Crippen molar-refractivity contribution in [2.75, 3.05) is 6.54 Å². The van der Waals surface area contributed by atoms with Gasteiger partial charge < -0.3 is 5.11 Å². The van der Waals surface area contributed by atoms with Gasteiger partial charge in [-0.15, -0.1) is 0 Å². The summed E-state index contributed by atoms with van der Waals surface area (Å²) in [5, 5.41) is 9.43. The number of hydrogen-bond acceptors (Lipinski definition) is 3. The summed E-state index contributed by atoms with van der Waals surface area (Å²) < 4.78 is 29.0. The van der Waals surface area contributed by atoms with Gasteiger partial charge in [0.15, 0.2) is 0 Å². The van der Waals surface area contributed by atoms with Crippen LogP contribution in [0.25, 0.3) is 0 Å². The molecule has 2 fully saturated rings. The van der Waals surface area contributed by atoms with Gasteiger partial charge in [0.2, 0.25) is 0 Å². The van der Waals surface area contributed by atoms with Gasteiger partial charge in [0.05, 0.1) is 6.10 Å². The number of nitrogens with one attached hydrogen (secondary N) is 1. The zero-order chi connectivity index (χ0) is 13.2. The molecule has 5 nitrogen and oxygen atoms in total. The van der Waals surface area contributed by atoms with Crippen LogP contribution in [0.3, 0.4) is 0 Å². The van der Waals surface area contributed by atoms with Crippen LogP contribution >= 0.6 is 0 Å². The summed E-state index contributed by atoms with van der Waals surface area (Å²) in [6.07, 6.45) is 5.64. The fourth-order valence-electron chi connectivity index (χ4n) is 2.90. The molecule has 0 radical (unpaired) electrons. The van der Waals surface area contributed by atoms with Crippen molar-refractivity contribution in [1.82, 2.24) is 9.03 Å². The third-order valence-electron chi connectivity index (χ3n) is 4.06. The fraction of sp³-hybridized carbons (Fsp3) is 1.00. The molecule has 0 aromatic carbocycles. The number of rotatable bonds is 3. The lowest BCUT2D eigenvalue weighted by molar-refractivity contribution is 0.120. The Labute approximate surface area is 110 Å². The molecule has 1 unspecified atom stereocenters. The molecule has 1 atom stereocenters. The standard InChI is InChI=1S/C12H24N2O3S/c1-10-4-2-3-9-14(10)18(16,17)13-11-5-7-12(15)8-6-11/h10-13,15H,2-9H2,1H3. The van der Waals surface area contributed by atoms with E-state index in [1.165, 1.54) is 0 Å². The second-order valence-corrected chi connectivity index (χ2v) is 7.24. The third kappa shape index (κ3) is 3.44. The van der Waals surface area contributed by atoms with E-state index in [0.717, 1.165) is 32.1 Å². The highest BCUT2D eigenvalue weighted by Gasteiger charge is 2.32. The van der Waals surface area contributed by atoms with Gasteiger partial charge in [-0.05, 0) is 45.4 Å². The van der Waals surface area contributed by atoms with Crippen molar-refractivity contribution in [1.29, 1.82) is 0 Å². The number of piperidine rings is 1. The molecule has 1 saturated carbocycles. The summed E-state index contributed by atoms with van der Waals surface area (Å²) in [4.78, 5) is 0. The summed E-state index contributed by atoms with van der Waals surface area (Å²) in [5.41, 5.74) is 0. The molecule has 2 aliphatic rings. The van der Waals surface area contributed by atoms with E-state index >= 15 is 0 Å². The molecule has 0 aromatic heterocycles. The highest BCUT2D eigenvalue weighted by Crippen LogP contribution is 2.22. The molecule has 2 rings (SSSR count). The minimum Gasteiger partial charge on any atom is -0.393 e. The monoisotopic (exact) mass is 276 g/mol. The third-order valence-corrected chi connectivity index (χ3v) is 5.85. The SMILES string of the molecule is CC1CCCCN1S(=O)(=O)NC1CCC(O)CC1. The Kier molecular flexibility index (Phi) is 4.64. The Hall–Kier alpha value is -0.170. The van der Waals surface area contributed by atoms with Gasteiger partial charge in [0.25, 0.3) is 10.2 Å². The van der Waals surface area contributed by atoms with Crippen LogP contribution in [0.5, 0.6) is 0 Å². The highest BCUT2D eigenvalue weighted by atomic mass is 32.2. The van der Waals surface area contributed by atoms with E-state index in [2.05, 4.69) is 4.72 Å².